The summed E-state index contributed by atoms with van der Waals surface area (Å²) in [7, 11) is -2.08. The highest BCUT2D eigenvalue weighted by Gasteiger charge is 2.27. The number of benzene rings is 1. The van der Waals surface area contributed by atoms with Crippen LogP contribution in [0.4, 0.5) is 5.69 Å². The number of ether oxygens (including phenoxy) is 1. The van der Waals surface area contributed by atoms with Crippen LogP contribution in [0.2, 0.25) is 0 Å². The molecule has 1 amide bonds. The third-order valence-corrected chi connectivity index (χ3v) is 6.26. The normalized spacial score (nSPS) is 16.3. The van der Waals surface area contributed by atoms with Crippen molar-refractivity contribution in [1.82, 2.24) is 9.62 Å². The van der Waals surface area contributed by atoms with E-state index in [1.54, 1.807) is 12.1 Å². The van der Waals surface area contributed by atoms with Crippen LogP contribution in [0.5, 0.6) is 0 Å². The number of hydrogen-bond donors (Lipinski definition) is 2. The van der Waals surface area contributed by atoms with Gasteiger partial charge in [0.05, 0.1) is 24.5 Å². The van der Waals surface area contributed by atoms with Crippen molar-refractivity contribution in [1.29, 1.82) is 0 Å². The van der Waals surface area contributed by atoms with Gasteiger partial charge in [-0.1, -0.05) is 11.8 Å². The van der Waals surface area contributed by atoms with Crippen LogP contribution in [-0.4, -0.2) is 57.7 Å². The van der Waals surface area contributed by atoms with Crippen molar-refractivity contribution in [2.75, 3.05) is 38.7 Å². The maximum absolute atomic E-state index is 12.2. The number of hydrogen-bond acceptors (Lipinski definition) is 7. The molecule has 0 unspecified atom stereocenters. The molecule has 0 aromatic heterocycles. The van der Waals surface area contributed by atoms with Gasteiger partial charge in [-0.05, 0) is 29.7 Å². The first-order chi connectivity index (χ1) is 12.5. The predicted molar refractivity (Wildman–Crippen MR) is 101 cm³/mol. The first-order valence-corrected chi connectivity index (χ1v) is 10.4. The van der Waals surface area contributed by atoms with E-state index < -0.39 is 10.0 Å². The fourth-order valence-corrected chi connectivity index (χ4v) is 4.53. The van der Waals surface area contributed by atoms with Crippen molar-refractivity contribution in [3.63, 3.8) is 0 Å². The number of carbonyl (C=O) groups is 1. The van der Waals surface area contributed by atoms with Crippen molar-refractivity contribution in [2.45, 2.75) is 11.3 Å². The van der Waals surface area contributed by atoms with E-state index >= 15 is 0 Å². The highest BCUT2D eigenvalue weighted by Crippen LogP contribution is 2.31. The molecule has 2 aliphatic heterocycles. The minimum atomic E-state index is -3.58. The van der Waals surface area contributed by atoms with Gasteiger partial charge in [0.2, 0.25) is 15.9 Å². The largest absolute Gasteiger partial charge is 0.383 e. The zero-order valence-electron chi connectivity index (χ0n) is 14.3. The third kappa shape index (κ3) is 4.44. The second-order valence-corrected chi connectivity index (χ2v) is 8.29. The number of sulfonamides is 1. The minimum absolute atomic E-state index is 0.138. The van der Waals surface area contributed by atoms with Gasteiger partial charge in [0.1, 0.15) is 0 Å². The molecular weight excluding hydrogens is 376 g/mol. The second kappa shape index (κ2) is 8.21. The number of nitrogens with zero attached hydrogens (tertiary/aromatic N) is 2. The fraction of sp³-hybridized carbons (Fsp3) is 0.375. The highest BCUT2D eigenvalue weighted by atomic mass is 32.2. The Morgan fingerprint density at radius 1 is 1.35 bits per heavy atom. The molecule has 3 rings (SSSR count). The van der Waals surface area contributed by atoms with E-state index in [-0.39, 0.29) is 23.8 Å². The lowest BCUT2D eigenvalue weighted by Crippen LogP contribution is -2.27. The number of anilines is 1. The Morgan fingerprint density at radius 3 is 2.85 bits per heavy atom. The maximum atomic E-state index is 12.2. The Kier molecular flexibility index (Phi) is 5.97. The standard InChI is InChI=1S/C16H20N4O4S2/c1-24-9-7-18-26(22,23)14-4-2-12(3-5-14)19-15(21)10-13-11-25-16-17-6-8-20(13)16/h2-5,11,18H,6-10H2,1H3,(H,19,21). The Hall–Kier alpha value is -1.88. The van der Waals surface area contributed by atoms with Crippen molar-refractivity contribution in [3.05, 3.63) is 35.4 Å². The molecule has 0 saturated heterocycles. The first-order valence-electron chi connectivity index (χ1n) is 8.06. The second-order valence-electron chi connectivity index (χ2n) is 5.68. The molecule has 0 fully saturated rings. The monoisotopic (exact) mass is 396 g/mol. The molecule has 1 aromatic carbocycles. The van der Waals surface area contributed by atoms with Crippen LogP contribution in [0.15, 0.2) is 45.3 Å². The van der Waals surface area contributed by atoms with E-state index in [0.29, 0.717) is 12.3 Å². The molecule has 26 heavy (non-hydrogen) atoms. The van der Waals surface area contributed by atoms with Gasteiger partial charge < -0.3 is 15.0 Å². The first kappa shape index (κ1) is 18.9. The van der Waals surface area contributed by atoms with E-state index in [1.807, 2.05) is 10.3 Å². The lowest BCUT2D eigenvalue weighted by molar-refractivity contribution is -0.115. The molecule has 0 radical (unpaired) electrons. The molecule has 0 bridgehead atoms. The Bertz CT molecular complexity index is 834. The molecule has 2 heterocycles. The van der Waals surface area contributed by atoms with E-state index in [0.717, 1.165) is 24.0 Å². The smallest absolute Gasteiger partial charge is 0.240 e. The van der Waals surface area contributed by atoms with Gasteiger partial charge >= 0.3 is 0 Å². The Labute approximate surface area is 156 Å². The molecule has 1 aromatic rings. The summed E-state index contributed by atoms with van der Waals surface area (Å²) < 4.78 is 31.5. The van der Waals surface area contributed by atoms with Crippen LogP contribution in [0.3, 0.4) is 0 Å². The van der Waals surface area contributed by atoms with Crippen LogP contribution < -0.4 is 10.0 Å². The van der Waals surface area contributed by atoms with Gasteiger partial charge in [0, 0.05) is 31.6 Å². The minimum Gasteiger partial charge on any atom is -0.383 e. The molecule has 10 heteroatoms. The van der Waals surface area contributed by atoms with Crippen LogP contribution >= 0.6 is 11.8 Å². The van der Waals surface area contributed by atoms with Crippen molar-refractivity contribution < 1.29 is 17.9 Å². The van der Waals surface area contributed by atoms with E-state index in [2.05, 4.69) is 15.0 Å². The molecule has 0 atom stereocenters. The summed E-state index contributed by atoms with van der Waals surface area (Å²) in [6, 6.07) is 6.06. The third-order valence-electron chi connectivity index (χ3n) is 3.84. The molecule has 8 nitrogen and oxygen atoms in total. The summed E-state index contributed by atoms with van der Waals surface area (Å²) in [6.45, 7) is 2.07. The molecule has 0 spiro atoms. The number of aliphatic imine (C=N–C) groups is 1. The average molecular weight is 396 g/mol. The van der Waals surface area contributed by atoms with Gasteiger partial charge in [-0.2, -0.15) is 0 Å². The van der Waals surface area contributed by atoms with Gasteiger partial charge in [0.15, 0.2) is 5.17 Å². The summed E-state index contributed by atoms with van der Waals surface area (Å²) in [4.78, 5) is 18.8. The van der Waals surface area contributed by atoms with Gasteiger partial charge in [-0.15, -0.1) is 0 Å². The Balaban J connectivity index is 1.55. The number of amidine groups is 1. The summed E-state index contributed by atoms with van der Waals surface area (Å²) in [5.74, 6) is -0.154. The van der Waals surface area contributed by atoms with Crippen LogP contribution in [0, 0.1) is 0 Å². The maximum Gasteiger partial charge on any atom is 0.240 e. The zero-order valence-corrected chi connectivity index (χ0v) is 15.9. The van der Waals surface area contributed by atoms with Gasteiger partial charge in [-0.3, -0.25) is 9.79 Å². The van der Waals surface area contributed by atoms with Crippen molar-refractivity contribution >= 4 is 38.5 Å². The molecular formula is C16H20N4O4S2. The van der Waals surface area contributed by atoms with Crippen LogP contribution in [-0.2, 0) is 19.6 Å². The number of rotatable bonds is 8. The predicted octanol–water partition coefficient (Wildman–Crippen LogP) is 1.20. The van der Waals surface area contributed by atoms with Crippen molar-refractivity contribution in [2.24, 2.45) is 4.99 Å². The number of amides is 1. The van der Waals surface area contributed by atoms with Gasteiger partial charge in [-0.25, -0.2) is 13.1 Å². The van der Waals surface area contributed by atoms with Crippen molar-refractivity contribution in [3.8, 4) is 0 Å². The number of carbonyl (C=O) groups excluding carboxylic acids is 1. The molecule has 2 N–H and O–H groups in total. The topological polar surface area (TPSA) is 100 Å². The summed E-state index contributed by atoms with van der Waals surface area (Å²) >= 11 is 1.53. The van der Waals surface area contributed by atoms with Crippen LogP contribution in [0.1, 0.15) is 6.42 Å². The molecule has 140 valence electrons. The Morgan fingerprint density at radius 2 is 2.12 bits per heavy atom. The van der Waals surface area contributed by atoms with E-state index in [4.69, 9.17) is 4.74 Å². The number of nitrogens with one attached hydrogen (secondary N) is 2. The summed E-state index contributed by atoms with van der Waals surface area (Å²) in [5.41, 5.74) is 1.48. The van der Waals surface area contributed by atoms with E-state index in [9.17, 15) is 13.2 Å². The summed E-state index contributed by atoms with van der Waals surface area (Å²) in [5, 5.41) is 5.68. The molecule has 0 aliphatic carbocycles. The number of fused-ring (bicyclic) bond motifs is 1. The SMILES string of the molecule is COCCNS(=O)(=O)c1ccc(NC(=O)CC2=CSC3=NCCN23)cc1. The lowest BCUT2D eigenvalue weighted by Gasteiger charge is -2.16. The molecule has 2 aliphatic rings. The van der Waals surface area contributed by atoms with Crippen LogP contribution in [0.25, 0.3) is 0 Å². The highest BCUT2D eigenvalue weighted by molar-refractivity contribution is 8.16. The fourth-order valence-electron chi connectivity index (χ4n) is 2.56. The van der Waals surface area contributed by atoms with E-state index in [1.165, 1.54) is 31.0 Å². The zero-order chi connectivity index (χ0) is 18.6. The lowest BCUT2D eigenvalue weighted by atomic mass is 10.2. The summed E-state index contributed by atoms with van der Waals surface area (Å²) in [6.07, 6.45) is 0.255. The average Bonchev–Trinajstić information content (AvgIpc) is 3.21. The van der Waals surface area contributed by atoms with Gasteiger partial charge in [0.25, 0.3) is 0 Å². The quantitative estimate of drug-likeness (QED) is 0.641. The number of thioether (sulfide) groups is 1. The number of methoxy groups -OCH3 is 1. The molecule has 0 saturated carbocycles.